The highest BCUT2D eigenvalue weighted by Gasteiger charge is 2.25. The molecular formula is C45H40FN3O2. The molecule has 1 unspecified atom stereocenters. The van der Waals surface area contributed by atoms with Gasteiger partial charge in [-0.25, -0.2) is 4.39 Å². The van der Waals surface area contributed by atoms with Crippen molar-refractivity contribution in [3.63, 3.8) is 0 Å². The van der Waals surface area contributed by atoms with Gasteiger partial charge in [0.25, 0.3) is 0 Å². The zero-order chi connectivity index (χ0) is 35.3. The van der Waals surface area contributed by atoms with Crippen molar-refractivity contribution in [1.82, 2.24) is 4.90 Å². The number of allylic oxidation sites excluding steroid dienone is 2. The van der Waals surface area contributed by atoms with Gasteiger partial charge in [0, 0.05) is 28.7 Å². The first-order valence-corrected chi connectivity index (χ1v) is 17.4. The third-order valence-corrected chi connectivity index (χ3v) is 9.67. The number of Topliss-reactive ketones (excluding diaryl/α,β-unsaturated/α-hetero) is 1. The van der Waals surface area contributed by atoms with Crippen molar-refractivity contribution in [2.45, 2.75) is 31.7 Å². The lowest BCUT2D eigenvalue weighted by Crippen LogP contribution is -2.31. The zero-order valence-electron chi connectivity index (χ0n) is 28.8. The molecule has 1 heterocycles. The molecule has 8 rings (SSSR count). The smallest absolute Gasteiger partial charge is 0.228 e. The van der Waals surface area contributed by atoms with Crippen LogP contribution in [0.15, 0.2) is 128 Å². The van der Waals surface area contributed by atoms with Crippen LogP contribution in [0.3, 0.4) is 0 Å². The van der Waals surface area contributed by atoms with Gasteiger partial charge in [-0.15, -0.1) is 0 Å². The molecule has 1 atom stereocenters. The van der Waals surface area contributed by atoms with Crippen LogP contribution in [0.1, 0.15) is 51.5 Å². The van der Waals surface area contributed by atoms with Gasteiger partial charge in [-0.05, 0) is 119 Å². The third-order valence-electron chi connectivity index (χ3n) is 9.67. The van der Waals surface area contributed by atoms with Crippen molar-refractivity contribution in [2.24, 2.45) is 0 Å². The molecule has 5 aromatic carbocycles. The number of amides is 1. The molecule has 51 heavy (non-hydrogen) atoms. The Bertz CT molecular complexity index is 2410. The highest BCUT2D eigenvalue weighted by molar-refractivity contribution is 6.24. The van der Waals surface area contributed by atoms with E-state index in [1.807, 2.05) is 30.5 Å². The first-order chi connectivity index (χ1) is 24.9. The Hall–Kier alpha value is -5.85. The number of rotatable bonds is 6. The van der Waals surface area contributed by atoms with Crippen molar-refractivity contribution in [3.8, 4) is 0 Å². The van der Waals surface area contributed by atoms with Crippen LogP contribution in [0, 0.1) is 16.3 Å². The summed E-state index contributed by atoms with van der Waals surface area (Å²) in [7, 11) is 4.21. The van der Waals surface area contributed by atoms with Gasteiger partial charge >= 0.3 is 0 Å². The number of fused-ring (bicyclic) bond motifs is 5. The van der Waals surface area contributed by atoms with E-state index in [1.165, 1.54) is 38.4 Å². The highest BCUT2D eigenvalue weighted by Crippen LogP contribution is 2.30. The number of ketones is 1. The summed E-state index contributed by atoms with van der Waals surface area (Å²) < 4.78 is 13.9. The summed E-state index contributed by atoms with van der Waals surface area (Å²) in [6, 6.07) is 34.4. The van der Waals surface area contributed by atoms with Crippen LogP contribution in [-0.2, 0) is 17.6 Å². The molecule has 0 saturated carbocycles. The van der Waals surface area contributed by atoms with Gasteiger partial charge in [-0.2, -0.15) is 0 Å². The number of hydrogen-bond acceptors (Lipinski definition) is 4. The molecule has 0 bridgehead atoms. The van der Waals surface area contributed by atoms with Crippen LogP contribution in [0.5, 0.6) is 0 Å². The summed E-state index contributed by atoms with van der Waals surface area (Å²) in [6.07, 6.45) is 12.9. The van der Waals surface area contributed by atoms with E-state index in [-0.39, 0.29) is 24.2 Å². The summed E-state index contributed by atoms with van der Waals surface area (Å²) in [6.45, 7) is 0. The summed E-state index contributed by atoms with van der Waals surface area (Å²) in [5.41, 5.74) is 7.33. The first kappa shape index (κ1) is 33.6. The van der Waals surface area contributed by atoms with Gasteiger partial charge in [0.15, 0.2) is 5.78 Å². The quantitative estimate of drug-likeness (QED) is 0.182. The highest BCUT2D eigenvalue weighted by atomic mass is 19.1. The molecule has 0 radical (unpaired) electrons. The van der Waals surface area contributed by atoms with E-state index in [1.54, 1.807) is 42.5 Å². The maximum Gasteiger partial charge on any atom is 0.228 e. The van der Waals surface area contributed by atoms with Crippen LogP contribution >= 0.6 is 0 Å². The van der Waals surface area contributed by atoms with E-state index in [9.17, 15) is 14.0 Å². The Kier molecular flexibility index (Phi) is 9.86. The maximum atomic E-state index is 13.9. The third kappa shape index (κ3) is 7.23. The molecule has 0 aromatic heterocycles. The number of para-hydroxylation sites is 1. The van der Waals surface area contributed by atoms with Crippen molar-refractivity contribution in [3.05, 3.63) is 182 Å². The van der Waals surface area contributed by atoms with E-state index >= 15 is 0 Å². The van der Waals surface area contributed by atoms with E-state index in [4.69, 9.17) is 0 Å². The minimum atomic E-state index is -0.399. The van der Waals surface area contributed by atoms with Crippen LogP contribution in [0.2, 0.25) is 0 Å². The van der Waals surface area contributed by atoms with Gasteiger partial charge in [0.1, 0.15) is 5.82 Å². The van der Waals surface area contributed by atoms with Crippen LogP contribution in [0.4, 0.5) is 15.8 Å². The Morgan fingerprint density at radius 2 is 1.55 bits per heavy atom. The maximum absolute atomic E-state index is 13.9. The average Bonchev–Trinajstić information content (AvgIpc) is 3.41. The largest absolute Gasteiger partial charge is 0.361 e. The lowest BCUT2D eigenvalue weighted by molar-refractivity contribution is -0.115. The van der Waals surface area contributed by atoms with Gasteiger partial charge < -0.3 is 10.6 Å². The Morgan fingerprint density at radius 1 is 0.804 bits per heavy atom. The van der Waals surface area contributed by atoms with Crippen LogP contribution < -0.4 is 21.1 Å². The summed E-state index contributed by atoms with van der Waals surface area (Å²) in [5, 5.41) is 10.8. The lowest BCUT2D eigenvalue weighted by atomic mass is 9.82. The van der Waals surface area contributed by atoms with E-state index < -0.39 is 5.82 Å². The molecule has 0 saturated heterocycles. The van der Waals surface area contributed by atoms with E-state index in [2.05, 4.69) is 90.3 Å². The second-order valence-electron chi connectivity index (χ2n) is 13.2. The first-order valence-electron chi connectivity index (χ1n) is 17.4. The molecule has 2 N–H and O–H groups in total. The van der Waals surface area contributed by atoms with Crippen molar-refractivity contribution < 1.29 is 14.0 Å². The zero-order valence-corrected chi connectivity index (χ0v) is 28.8. The monoisotopic (exact) mass is 673 g/mol. The van der Waals surface area contributed by atoms with E-state index in [0.717, 1.165) is 35.7 Å². The second kappa shape index (κ2) is 15.0. The fourth-order valence-corrected chi connectivity index (χ4v) is 7.18. The molecule has 254 valence electrons. The fourth-order valence-electron chi connectivity index (χ4n) is 7.18. The van der Waals surface area contributed by atoms with Crippen molar-refractivity contribution in [2.75, 3.05) is 24.7 Å². The Morgan fingerprint density at radius 3 is 2.37 bits per heavy atom. The SMILES string of the molecule is C1=CNc2ccccc2C=C1.CN(C)C1C=c2ccccc2=c2ccc3c(c21)CCCC=3C(=O)c1ccc(NC(=O)Cc2ccccc2F)cc1. The normalized spacial score (nSPS) is 15.1. The number of nitrogens with zero attached hydrogens (tertiary/aromatic N) is 1. The number of carbonyl (C=O) groups is 2. The van der Waals surface area contributed by atoms with Crippen LogP contribution in [0.25, 0.3) is 17.7 Å². The van der Waals surface area contributed by atoms with Crippen molar-refractivity contribution in [1.29, 1.82) is 0 Å². The number of halogens is 1. The standard InChI is InChI=1S/C35H31FN2O2.C10H9N/c1-38(2)32-20-23-8-3-5-10-26(23)29-19-18-27-28(34(29)32)11-7-12-30(27)35(40)22-14-16-25(17-15-22)37-33(39)21-24-9-4-6-13-31(24)36;1-2-7-10-9(5-1)6-3-4-8-11-10/h3-6,8-10,13-20,32H,7,11-12,21H2,1-2H3,(H,37,39);1-8,11H. The summed E-state index contributed by atoms with van der Waals surface area (Å²) in [5.74, 6) is -0.686. The molecule has 5 aromatic rings. The Labute approximate surface area is 297 Å². The van der Waals surface area contributed by atoms with Gasteiger partial charge in [-0.3, -0.25) is 14.5 Å². The van der Waals surface area contributed by atoms with Crippen molar-refractivity contribution >= 4 is 40.8 Å². The minimum absolute atomic E-state index is 0.0201. The van der Waals surface area contributed by atoms with Crippen LogP contribution in [-0.4, -0.2) is 30.7 Å². The number of benzene rings is 5. The predicted molar refractivity (Wildman–Crippen MR) is 205 cm³/mol. The second-order valence-corrected chi connectivity index (χ2v) is 13.2. The molecule has 1 aliphatic heterocycles. The molecule has 2 aliphatic carbocycles. The molecule has 5 nitrogen and oxygen atoms in total. The number of carbonyl (C=O) groups excluding carboxylic acids is 2. The molecular weight excluding hydrogens is 634 g/mol. The Balaban J connectivity index is 0.000000313. The number of hydrogen-bond donors (Lipinski definition) is 2. The fraction of sp³-hybridized carbons (Fsp3) is 0.156. The summed E-state index contributed by atoms with van der Waals surface area (Å²) in [4.78, 5) is 28.5. The summed E-state index contributed by atoms with van der Waals surface area (Å²) >= 11 is 0. The molecule has 1 amide bonds. The lowest BCUT2D eigenvalue weighted by Gasteiger charge is -2.29. The number of nitrogens with one attached hydrogen (secondary N) is 2. The molecule has 6 heteroatoms. The average molecular weight is 674 g/mol. The molecule has 3 aliphatic rings. The molecule has 0 spiro atoms. The van der Waals surface area contributed by atoms with Gasteiger partial charge in [0.05, 0.1) is 12.5 Å². The van der Waals surface area contributed by atoms with Gasteiger partial charge in [0.2, 0.25) is 5.91 Å². The van der Waals surface area contributed by atoms with Gasteiger partial charge in [-0.1, -0.05) is 91.0 Å². The topological polar surface area (TPSA) is 61.4 Å². The molecule has 0 fully saturated rings. The van der Waals surface area contributed by atoms with E-state index in [0.29, 0.717) is 16.8 Å². The number of anilines is 2. The minimum Gasteiger partial charge on any atom is -0.361 e. The predicted octanol–water partition coefficient (Wildman–Crippen LogP) is 7.70.